The topological polar surface area (TPSA) is 106 Å². The number of ether oxygens (including phenoxy) is 1. The van der Waals surface area contributed by atoms with Gasteiger partial charge in [-0.3, -0.25) is 0 Å². The number of benzene rings is 1. The molecule has 0 saturated carbocycles. The third-order valence-corrected chi connectivity index (χ3v) is 3.75. The Morgan fingerprint density at radius 2 is 2.04 bits per heavy atom. The summed E-state index contributed by atoms with van der Waals surface area (Å²) in [6, 6.07) is 4.92. The quantitative estimate of drug-likeness (QED) is 0.662. The molecule has 3 rings (SSSR count). The first-order valence-electron chi connectivity index (χ1n) is 7.87. The van der Waals surface area contributed by atoms with Crippen LogP contribution in [0.15, 0.2) is 18.2 Å². The highest BCUT2D eigenvalue weighted by Crippen LogP contribution is 2.32. The van der Waals surface area contributed by atoms with Crippen LogP contribution in [0.1, 0.15) is 26.6 Å². The number of aliphatic hydroxyl groups is 1. The molecular formula is C17H22N4O3. The third kappa shape index (κ3) is 3.00. The molecule has 0 aliphatic carbocycles. The van der Waals surface area contributed by atoms with Gasteiger partial charge in [0.1, 0.15) is 23.7 Å². The minimum atomic E-state index is -0.949. The van der Waals surface area contributed by atoms with Crippen molar-refractivity contribution in [2.45, 2.75) is 39.5 Å². The molecule has 3 aromatic rings. The molecule has 0 fully saturated rings. The maximum absolute atomic E-state index is 10.3. The standard InChI is InChI=1S/C17H22N4O3/c1-4-24-8-13-20-14-15(21(13)9-17(2,3)23)11-7-10(22)5-6-12(11)19-16(14)18/h5-7,22-23H,4,8-9H2,1-3H3,(H2,18,19). The highest BCUT2D eigenvalue weighted by Gasteiger charge is 2.22. The molecule has 0 aliphatic heterocycles. The molecule has 0 aliphatic rings. The molecule has 0 atom stereocenters. The zero-order chi connectivity index (χ0) is 17.5. The molecule has 24 heavy (non-hydrogen) atoms. The Hall–Kier alpha value is -2.38. The number of imidazole rings is 1. The molecule has 0 saturated heterocycles. The number of nitrogen functional groups attached to an aromatic ring is 1. The molecule has 0 spiro atoms. The van der Waals surface area contributed by atoms with E-state index in [0.717, 1.165) is 10.9 Å². The number of phenolic OH excluding ortho intramolecular Hbond substituents is 1. The van der Waals surface area contributed by atoms with Crippen molar-refractivity contribution in [2.24, 2.45) is 0 Å². The Bertz CT molecular complexity index is 896. The fourth-order valence-corrected chi connectivity index (χ4v) is 2.81. The minimum absolute atomic E-state index is 0.137. The van der Waals surface area contributed by atoms with Gasteiger partial charge in [0.05, 0.1) is 23.2 Å². The van der Waals surface area contributed by atoms with Crippen LogP contribution in [0.4, 0.5) is 5.82 Å². The Balaban J connectivity index is 2.35. The number of aromatic hydroxyl groups is 1. The summed E-state index contributed by atoms with van der Waals surface area (Å²) in [5, 5.41) is 20.9. The number of pyridine rings is 1. The highest BCUT2D eigenvalue weighted by atomic mass is 16.5. The Labute approximate surface area is 139 Å². The summed E-state index contributed by atoms with van der Waals surface area (Å²) in [4.78, 5) is 8.94. The lowest BCUT2D eigenvalue weighted by atomic mass is 10.1. The maximum Gasteiger partial charge on any atom is 0.152 e. The van der Waals surface area contributed by atoms with E-state index >= 15 is 0 Å². The van der Waals surface area contributed by atoms with Crippen LogP contribution in [0.3, 0.4) is 0 Å². The van der Waals surface area contributed by atoms with Crippen LogP contribution in [0.2, 0.25) is 0 Å². The largest absolute Gasteiger partial charge is 0.508 e. The van der Waals surface area contributed by atoms with Crippen molar-refractivity contribution in [3.05, 3.63) is 24.0 Å². The van der Waals surface area contributed by atoms with Crippen molar-refractivity contribution < 1.29 is 14.9 Å². The fourth-order valence-electron chi connectivity index (χ4n) is 2.81. The lowest BCUT2D eigenvalue weighted by Crippen LogP contribution is -2.27. The monoisotopic (exact) mass is 330 g/mol. The summed E-state index contributed by atoms with van der Waals surface area (Å²) in [7, 11) is 0. The van der Waals surface area contributed by atoms with E-state index in [9.17, 15) is 10.2 Å². The van der Waals surface area contributed by atoms with E-state index in [4.69, 9.17) is 10.5 Å². The maximum atomic E-state index is 10.3. The van der Waals surface area contributed by atoms with E-state index in [1.807, 2.05) is 11.5 Å². The van der Waals surface area contributed by atoms with Crippen LogP contribution >= 0.6 is 0 Å². The van der Waals surface area contributed by atoms with Crippen molar-refractivity contribution >= 4 is 27.8 Å². The summed E-state index contributed by atoms with van der Waals surface area (Å²) in [6.45, 7) is 6.55. The molecule has 0 unspecified atom stereocenters. The van der Waals surface area contributed by atoms with E-state index < -0.39 is 5.60 Å². The van der Waals surface area contributed by atoms with Crippen LogP contribution in [0.25, 0.3) is 21.9 Å². The summed E-state index contributed by atoms with van der Waals surface area (Å²) in [6.07, 6.45) is 0. The SMILES string of the molecule is CCOCc1nc2c(N)nc3ccc(O)cc3c2n1CC(C)(C)O. The lowest BCUT2D eigenvalue weighted by Gasteiger charge is -2.20. The van der Waals surface area contributed by atoms with E-state index in [1.54, 1.807) is 32.0 Å². The second-order valence-corrected chi connectivity index (χ2v) is 6.46. The normalized spacial score (nSPS) is 12.3. The van der Waals surface area contributed by atoms with Crippen LogP contribution < -0.4 is 5.73 Å². The van der Waals surface area contributed by atoms with Gasteiger partial charge in [-0.1, -0.05) is 0 Å². The van der Waals surface area contributed by atoms with Gasteiger partial charge in [0, 0.05) is 12.0 Å². The molecule has 0 radical (unpaired) electrons. The molecule has 2 heterocycles. The Morgan fingerprint density at radius 3 is 2.71 bits per heavy atom. The molecule has 2 aromatic heterocycles. The first-order valence-corrected chi connectivity index (χ1v) is 7.87. The van der Waals surface area contributed by atoms with Gasteiger partial charge in [0.2, 0.25) is 0 Å². The fraction of sp³-hybridized carbons (Fsp3) is 0.412. The molecule has 0 bridgehead atoms. The van der Waals surface area contributed by atoms with Gasteiger partial charge in [-0.15, -0.1) is 0 Å². The highest BCUT2D eigenvalue weighted by molar-refractivity contribution is 6.07. The van der Waals surface area contributed by atoms with Crippen LogP contribution in [-0.2, 0) is 17.9 Å². The van der Waals surface area contributed by atoms with Crippen molar-refractivity contribution in [1.82, 2.24) is 14.5 Å². The molecular weight excluding hydrogens is 308 g/mol. The number of hydrogen-bond acceptors (Lipinski definition) is 6. The second kappa shape index (κ2) is 5.92. The average molecular weight is 330 g/mol. The number of phenols is 1. The Kier molecular flexibility index (Phi) is 4.06. The number of hydrogen-bond donors (Lipinski definition) is 3. The van der Waals surface area contributed by atoms with Gasteiger partial charge in [-0.25, -0.2) is 9.97 Å². The summed E-state index contributed by atoms with van der Waals surface area (Å²) in [5.74, 6) is 1.12. The molecule has 4 N–H and O–H groups in total. The average Bonchev–Trinajstić information content (AvgIpc) is 2.84. The van der Waals surface area contributed by atoms with E-state index in [0.29, 0.717) is 42.4 Å². The lowest BCUT2D eigenvalue weighted by molar-refractivity contribution is 0.0582. The van der Waals surface area contributed by atoms with Crippen molar-refractivity contribution in [3.8, 4) is 5.75 Å². The molecule has 0 amide bonds. The van der Waals surface area contributed by atoms with Gasteiger partial charge >= 0.3 is 0 Å². The predicted octanol–water partition coefficient (Wildman–Crippen LogP) is 2.18. The molecule has 7 nitrogen and oxygen atoms in total. The molecule has 128 valence electrons. The van der Waals surface area contributed by atoms with Crippen molar-refractivity contribution in [1.29, 1.82) is 0 Å². The van der Waals surface area contributed by atoms with E-state index in [1.165, 1.54) is 0 Å². The molecule has 7 heteroatoms. The smallest absolute Gasteiger partial charge is 0.152 e. The van der Waals surface area contributed by atoms with Crippen LogP contribution in [0, 0.1) is 0 Å². The van der Waals surface area contributed by atoms with Crippen molar-refractivity contribution in [2.75, 3.05) is 12.3 Å². The summed E-state index contributed by atoms with van der Waals surface area (Å²) in [5.41, 5.74) is 7.09. The van der Waals surface area contributed by atoms with Gasteiger partial charge in [0.25, 0.3) is 0 Å². The Morgan fingerprint density at radius 1 is 1.29 bits per heavy atom. The van der Waals surface area contributed by atoms with Gasteiger partial charge in [0.15, 0.2) is 5.82 Å². The van der Waals surface area contributed by atoms with Gasteiger partial charge in [-0.2, -0.15) is 0 Å². The summed E-state index contributed by atoms with van der Waals surface area (Å²) >= 11 is 0. The van der Waals surface area contributed by atoms with E-state index in [2.05, 4.69) is 9.97 Å². The zero-order valence-corrected chi connectivity index (χ0v) is 14.1. The number of nitrogens with zero attached hydrogens (tertiary/aromatic N) is 3. The zero-order valence-electron chi connectivity index (χ0n) is 14.1. The second-order valence-electron chi connectivity index (χ2n) is 6.46. The number of rotatable bonds is 5. The first-order chi connectivity index (χ1) is 11.3. The van der Waals surface area contributed by atoms with Crippen molar-refractivity contribution in [3.63, 3.8) is 0 Å². The van der Waals surface area contributed by atoms with Crippen LogP contribution in [-0.4, -0.2) is 37.0 Å². The van der Waals surface area contributed by atoms with Gasteiger partial charge < -0.3 is 25.3 Å². The number of fused-ring (bicyclic) bond motifs is 3. The molecule has 1 aromatic carbocycles. The number of anilines is 1. The number of aromatic nitrogens is 3. The predicted molar refractivity (Wildman–Crippen MR) is 92.7 cm³/mol. The van der Waals surface area contributed by atoms with E-state index in [-0.39, 0.29) is 5.75 Å². The first kappa shape index (κ1) is 16.5. The minimum Gasteiger partial charge on any atom is -0.508 e. The number of nitrogens with two attached hydrogens (primary N) is 1. The third-order valence-electron chi connectivity index (χ3n) is 3.75. The van der Waals surface area contributed by atoms with Gasteiger partial charge in [-0.05, 0) is 39.0 Å². The summed E-state index contributed by atoms with van der Waals surface area (Å²) < 4.78 is 7.40. The van der Waals surface area contributed by atoms with Crippen LogP contribution in [0.5, 0.6) is 5.75 Å².